The Bertz CT molecular complexity index is 769. The van der Waals surface area contributed by atoms with Gasteiger partial charge in [0.15, 0.2) is 0 Å². The summed E-state index contributed by atoms with van der Waals surface area (Å²) in [6.45, 7) is 2.83. The van der Waals surface area contributed by atoms with Gasteiger partial charge in [0, 0.05) is 33.1 Å². The molecule has 1 heterocycles. The first-order valence-corrected chi connectivity index (χ1v) is 8.57. The summed E-state index contributed by atoms with van der Waals surface area (Å²) >= 11 is 0. The van der Waals surface area contributed by atoms with E-state index in [2.05, 4.69) is 10.4 Å². The van der Waals surface area contributed by atoms with Crippen LogP contribution in [0.1, 0.15) is 11.3 Å². The third-order valence-corrected chi connectivity index (χ3v) is 5.31. The van der Waals surface area contributed by atoms with Crippen LogP contribution < -0.4 is 5.32 Å². The Balaban J connectivity index is 2.21. The summed E-state index contributed by atoms with van der Waals surface area (Å²) in [6, 6.07) is 6.96. The Hall–Kier alpha value is -1.90. The van der Waals surface area contributed by atoms with E-state index in [1.54, 1.807) is 36.2 Å². The maximum atomic E-state index is 12.2. The fraction of sp³-hybridized carbons (Fsp3) is 0.400. The Morgan fingerprint density at radius 1 is 1.30 bits per heavy atom. The second kappa shape index (κ2) is 7.12. The van der Waals surface area contributed by atoms with E-state index in [0.717, 1.165) is 16.9 Å². The van der Waals surface area contributed by atoms with E-state index in [9.17, 15) is 8.42 Å². The van der Waals surface area contributed by atoms with Crippen LogP contribution in [0.15, 0.2) is 35.4 Å². The predicted molar refractivity (Wildman–Crippen MR) is 88.6 cm³/mol. The maximum Gasteiger partial charge on any atom is 0.242 e. The summed E-state index contributed by atoms with van der Waals surface area (Å²) in [6.07, 6.45) is 1.70. The van der Waals surface area contributed by atoms with Crippen LogP contribution in [0.4, 0.5) is 5.69 Å². The number of rotatable bonds is 7. The van der Waals surface area contributed by atoms with Crippen LogP contribution >= 0.6 is 0 Å². The number of ether oxygens (including phenoxy) is 1. The summed E-state index contributed by atoms with van der Waals surface area (Å²) in [5, 5.41) is 7.44. The second-order valence-corrected chi connectivity index (χ2v) is 7.51. The van der Waals surface area contributed by atoms with Crippen molar-refractivity contribution in [2.45, 2.75) is 25.1 Å². The number of methoxy groups -OCH3 is 1. The van der Waals surface area contributed by atoms with Gasteiger partial charge in [0.2, 0.25) is 10.0 Å². The molecule has 2 aromatic rings. The van der Waals surface area contributed by atoms with Gasteiger partial charge in [-0.1, -0.05) is 6.07 Å². The van der Waals surface area contributed by atoms with Gasteiger partial charge >= 0.3 is 0 Å². The molecule has 2 rings (SSSR count). The molecule has 0 fully saturated rings. The van der Waals surface area contributed by atoms with Gasteiger partial charge in [-0.3, -0.25) is 0 Å². The lowest BCUT2D eigenvalue weighted by Crippen LogP contribution is -2.22. The lowest BCUT2D eigenvalue weighted by molar-refractivity contribution is 0.118. The largest absolute Gasteiger partial charge is 0.379 e. The Labute approximate surface area is 136 Å². The third-order valence-electron chi connectivity index (χ3n) is 3.50. The maximum absolute atomic E-state index is 12.2. The molecule has 1 aromatic carbocycles. The van der Waals surface area contributed by atoms with Crippen LogP contribution in [0.5, 0.6) is 0 Å². The van der Waals surface area contributed by atoms with Crippen molar-refractivity contribution in [1.29, 1.82) is 0 Å². The minimum absolute atomic E-state index is 0.265. The predicted octanol–water partition coefficient (Wildman–Crippen LogP) is 1.66. The van der Waals surface area contributed by atoms with Gasteiger partial charge in [-0.05, 0) is 30.7 Å². The first kappa shape index (κ1) is 17.5. The van der Waals surface area contributed by atoms with Crippen LogP contribution in [0.3, 0.4) is 0 Å². The highest BCUT2D eigenvalue weighted by Crippen LogP contribution is 2.22. The molecule has 1 N–H and O–H groups in total. The van der Waals surface area contributed by atoms with Crippen molar-refractivity contribution in [3.63, 3.8) is 0 Å². The van der Waals surface area contributed by atoms with Crippen molar-refractivity contribution in [3.8, 4) is 0 Å². The molecular formula is C15H22N4O3S. The molecule has 1 aromatic heterocycles. The van der Waals surface area contributed by atoms with Gasteiger partial charge < -0.3 is 10.1 Å². The van der Waals surface area contributed by atoms with Crippen LogP contribution in [0, 0.1) is 6.92 Å². The van der Waals surface area contributed by atoms with E-state index < -0.39 is 10.0 Å². The van der Waals surface area contributed by atoms with Crippen molar-refractivity contribution < 1.29 is 13.2 Å². The second-order valence-electron chi connectivity index (χ2n) is 5.36. The smallest absolute Gasteiger partial charge is 0.242 e. The van der Waals surface area contributed by atoms with Gasteiger partial charge in [-0.2, -0.15) is 5.10 Å². The van der Waals surface area contributed by atoms with Crippen molar-refractivity contribution in [2.75, 3.05) is 26.5 Å². The number of nitrogens with one attached hydrogen (secondary N) is 1. The number of anilines is 1. The molecule has 0 saturated carbocycles. The summed E-state index contributed by atoms with van der Waals surface area (Å²) < 4.78 is 32.5. The van der Waals surface area contributed by atoms with Crippen LogP contribution in [0.2, 0.25) is 0 Å². The molecule has 7 nitrogen and oxygen atoms in total. The van der Waals surface area contributed by atoms with E-state index in [4.69, 9.17) is 4.74 Å². The molecule has 8 heteroatoms. The number of hydrogen-bond donors (Lipinski definition) is 1. The third kappa shape index (κ3) is 3.90. The molecule has 0 unspecified atom stereocenters. The summed E-state index contributed by atoms with van der Waals surface area (Å²) in [5.41, 5.74) is 2.70. The first-order valence-electron chi connectivity index (χ1n) is 7.13. The average molecular weight is 338 g/mol. The lowest BCUT2D eigenvalue weighted by atomic mass is 10.2. The normalized spacial score (nSPS) is 11.9. The highest BCUT2D eigenvalue weighted by Gasteiger charge is 2.18. The van der Waals surface area contributed by atoms with E-state index in [1.807, 2.05) is 13.0 Å². The minimum Gasteiger partial charge on any atom is -0.379 e. The molecule has 0 aliphatic heterocycles. The quantitative estimate of drug-likeness (QED) is 0.831. The molecule has 0 amide bonds. The number of hydrogen-bond acceptors (Lipinski definition) is 5. The zero-order chi connectivity index (χ0) is 17.0. The molecule has 0 radical (unpaired) electrons. The van der Waals surface area contributed by atoms with Crippen LogP contribution in [-0.2, 0) is 28.0 Å². The Morgan fingerprint density at radius 3 is 2.70 bits per heavy atom. The summed E-state index contributed by atoms with van der Waals surface area (Å²) in [4.78, 5) is 0.265. The molecule has 0 atom stereocenters. The van der Waals surface area contributed by atoms with E-state index >= 15 is 0 Å². The fourth-order valence-electron chi connectivity index (χ4n) is 2.10. The van der Waals surface area contributed by atoms with Crippen molar-refractivity contribution in [1.82, 2.24) is 14.1 Å². The van der Waals surface area contributed by atoms with Crippen molar-refractivity contribution in [3.05, 3.63) is 41.7 Å². The minimum atomic E-state index is -3.45. The first-order chi connectivity index (χ1) is 10.9. The van der Waals surface area contributed by atoms with Crippen LogP contribution in [0.25, 0.3) is 0 Å². The topological polar surface area (TPSA) is 76.5 Å². The summed E-state index contributed by atoms with van der Waals surface area (Å²) in [7, 11) is 1.20. The molecule has 0 aliphatic rings. The Kier molecular flexibility index (Phi) is 5.40. The highest BCUT2D eigenvalue weighted by molar-refractivity contribution is 7.89. The number of aryl methyl sites for hydroxylation is 1. The number of aromatic nitrogens is 2. The molecule has 0 saturated heterocycles. The number of nitrogens with zero attached hydrogens (tertiary/aromatic N) is 3. The highest BCUT2D eigenvalue weighted by atomic mass is 32.2. The van der Waals surface area contributed by atoms with Gasteiger partial charge in [-0.25, -0.2) is 17.4 Å². The SMILES string of the molecule is COCn1nccc1CNc1cc(S(=O)(=O)N(C)C)ccc1C. The lowest BCUT2D eigenvalue weighted by Gasteiger charge is -2.15. The Morgan fingerprint density at radius 2 is 2.04 bits per heavy atom. The van der Waals surface area contributed by atoms with Crippen LogP contribution in [-0.4, -0.2) is 43.7 Å². The molecule has 0 bridgehead atoms. The fourth-order valence-corrected chi connectivity index (χ4v) is 3.03. The van der Waals surface area contributed by atoms with Crippen molar-refractivity contribution >= 4 is 15.7 Å². The van der Waals surface area contributed by atoms with E-state index in [-0.39, 0.29) is 4.90 Å². The monoisotopic (exact) mass is 338 g/mol. The zero-order valence-electron chi connectivity index (χ0n) is 13.8. The molecule has 0 spiro atoms. The van der Waals surface area contributed by atoms with Gasteiger partial charge in [-0.15, -0.1) is 0 Å². The summed E-state index contributed by atoms with van der Waals surface area (Å²) in [5.74, 6) is 0. The standard InChI is InChI=1S/C15H22N4O3S/c1-12-5-6-14(23(20,21)18(2)3)9-15(12)16-10-13-7-8-17-19(13)11-22-4/h5-9,16H,10-11H2,1-4H3. The molecule has 23 heavy (non-hydrogen) atoms. The van der Waals surface area contributed by atoms with Gasteiger partial charge in [0.25, 0.3) is 0 Å². The zero-order valence-corrected chi connectivity index (χ0v) is 14.6. The van der Waals surface area contributed by atoms with E-state index in [1.165, 1.54) is 18.4 Å². The van der Waals surface area contributed by atoms with Crippen molar-refractivity contribution in [2.24, 2.45) is 0 Å². The van der Waals surface area contributed by atoms with E-state index in [0.29, 0.717) is 13.3 Å². The van der Waals surface area contributed by atoms with Gasteiger partial charge in [0.1, 0.15) is 6.73 Å². The molecule has 0 aliphatic carbocycles. The average Bonchev–Trinajstić information content (AvgIpc) is 2.94. The van der Waals surface area contributed by atoms with Gasteiger partial charge in [0.05, 0.1) is 17.1 Å². The molecular weight excluding hydrogens is 316 g/mol. The number of sulfonamides is 1. The molecule has 126 valence electrons. The number of benzene rings is 1.